The second kappa shape index (κ2) is 22.1. The first kappa shape index (κ1) is 54.1. The molecule has 0 saturated carbocycles. The number of carbonyl (C=O) groups excluding carboxylic acids is 6. The summed E-state index contributed by atoms with van der Waals surface area (Å²) >= 11 is 0. The number of aliphatic imine (C=N–C) groups is 1. The van der Waals surface area contributed by atoms with E-state index in [0.717, 1.165) is 45.5 Å². The van der Waals surface area contributed by atoms with Gasteiger partial charge in [0.15, 0.2) is 11.6 Å². The molecule has 6 atom stereocenters. The van der Waals surface area contributed by atoms with Crippen LogP contribution in [0.1, 0.15) is 167 Å². The lowest BCUT2D eigenvalue weighted by molar-refractivity contribution is -0.141. The Hall–Kier alpha value is -8.74. The van der Waals surface area contributed by atoms with E-state index in [1.54, 1.807) is 13.0 Å². The number of benzene rings is 2. The summed E-state index contributed by atoms with van der Waals surface area (Å²) in [5.41, 5.74) is 29.7. The molecule has 19 heteroatoms. The highest BCUT2D eigenvalue weighted by molar-refractivity contribution is 6.23. The molecular weight excluding hydrogens is 989 g/mol. The van der Waals surface area contributed by atoms with Crippen LogP contribution in [-0.4, -0.2) is 98.1 Å². The standard InChI is InChI=1S/C59H66N12O7/c1-8-36-27(2)39-26-46-49(31(6)72)29(4)41(67-46)24-40-28(3)37(53(70-40)51-52(59(77)78-7)55(75)50-30(5)42(71-54(50)51)25-45(36)66-39)17-18-47(73)64-20-9-10-38(58(63)76)69-48(74)19-21-65-57(62)33-13-11-32(12-14-33)43-22-34-15-16-35(56(60)61)23-44(34)68-43/h11-16,22-28,36-38,52,67-68,71H,8-10,17-21H2,1-7H3,(H3,60,61)(H2,62,65)(H2,63,76)(H,64,73)(H,69,74)/t27-,28+,36-,37+,38?,52?/m1/s1. The van der Waals surface area contributed by atoms with Gasteiger partial charge in [-0.2, -0.15) is 0 Å². The monoisotopic (exact) mass is 1050 g/mol. The van der Waals surface area contributed by atoms with Crippen LogP contribution in [0.15, 0.2) is 71.7 Å². The van der Waals surface area contributed by atoms with Gasteiger partial charge in [-0.3, -0.25) is 49.1 Å². The van der Waals surface area contributed by atoms with E-state index in [0.29, 0.717) is 79.7 Å². The maximum Gasteiger partial charge on any atom is 0.321 e. The second-order valence-corrected chi connectivity index (χ2v) is 20.7. The zero-order chi connectivity index (χ0) is 55.9. The van der Waals surface area contributed by atoms with E-state index in [1.807, 2.05) is 81.4 Å². The van der Waals surface area contributed by atoms with E-state index < -0.39 is 41.4 Å². The number of hydrogen-bond acceptors (Lipinski definition) is 11. The second-order valence-electron chi connectivity index (χ2n) is 20.7. The van der Waals surface area contributed by atoms with Crippen molar-refractivity contribution in [1.82, 2.24) is 35.6 Å². The number of nitrogens with zero attached hydrogens (tertiary/aromatic N) is 3. The lowest BCUT2D eigenvalue weighted by atomic mass is 9.84. The molecule has 0 saturated heterocycles. The molecule has 3 aliphatic rings. The first-order valence-corrected chi connectivity index (χ1v) is 26.4. The van der Waals surface area contributed by atoms with Crippen molar-refractivity contribution in [3.8, 4) is 11.3 Å². The lowest BCUT2D eigenvalue weighted by Crippen LogP contribution is -2.45. The fraction of sp³-hybridized carbons (Fsp3) is 0.356. The van der Waals surface area contributed by atoms with Crippen LogP contribution in [0.25, 0.3) is 44.2 Å². The number of Topliss-reactive ketones (excluding diaryl/α,β-unsaturated/α-hetero) is 2. The van der Waals surface area contributed by atoms with Crippen LogP contribution in [0.5, 0.6) is 0 Å². The van der Waals surface area contributed by atoms with Gasteiger partial charge in [-0.1, -0.05) is 57.2 Å². The zero-order valence-corrected chi connectivity index (χ0v) is 44.9. The van der Waals surface area contributed by atoms with Crippen molar-refractivity contribution in [2.75, 3.05) is 20.2 Å². The molecule has 0 spiro atoms. The molecule has 2 unspecified atom stereocenters. The average molecular weight is 1060 g/mol. The highest BCUT2D eigenvalue weighted by atomic mass is 16.5. The number of amides is 3. The molecule has 4 aromatic heterocycles. The van der Waals surface area contributed by atoms with Crippen molar-refractivity contribution < 1.29 is 33.5 Å². The van der Waals surface area contributed by atoms with Crippen LogP contribution in [0.3, 0.4) is 0 Å². The quantitative estimate of drug-likeness (QED) is 0.0101. The highest BCUT2D eigenvalue weighted by Gasteiger charge is 2.45. The predicted molar refractivity (Wildman–Crippen MR) is 300 cm³/mol. The summed E-state index contributed by atoms with van der Waals surface area (Å²) in [6.45, 7) is 11.8. The van der Waals surface area contributed by atoms with Crippen LogP contribution in [-0.2, 0) is 23.9 Å². The third-order valence-electron chi connectivity index (χ3n) is 15.8. The van der Waals surface area contributed by atoms with Crippen LogP contribution in [0, 0.1) is 19.3 Å². The largest absolute Gasteiger partial charge is 0.468 e. The molecule has 6 aromatic rings. The van der Waals surface area contributed by atoms with Crippen LogP contribution in [0.4, 0.5) is 0 Å². The maximum atomic E-state index is 14.5. The van der Waals surface area contributed by atoms with Gasteiger partial charge in [0.25, 0.3) is 0 Å². The highest BCUT2D eigenvalue weighted by Crippen LogP contribution is 2.48. The summed E-state index contributed by atoms with van der Waals surface area (Å²) < 4.78 is 5.26. The van der Waals surface area contributed by atoms with Crippen molar-refractivity contribution in [2.45, 2.75) is 116 Å². The van der Waals surface area contributed by atoms with Gasteiger partial charge in [0, 0.05) is 116 Å². The fourth-order valence-corrected chi connectivity index (χ4v) is 11.4. The first-order chi connectivity index (χ1) is 37.3. The number of hydrogen-bond donors (Lipinski definition) is 9. The zero-order valence-electron chi connectivity index (χ0n) is 44.9. The topological polar surface area (TPSA) is 323 Å². The molecular formula is C59H66N12O7. The van der Waals surface area contributed by atoms with E-state index in [2.05, 4.69) is 44.4 Å². The fourth-order valence-electron chi connectivity index (χ4n) is 11.4. The van der Waals surface area contributed by atoms with E-state index >= 15 is 0 Å². The van der Waals surface area contributed by atoms with Gasteiger partial charge in [-0.05, 0) is 93.5 Å². The van der Waals surface area contributed by atoms with Gasteiger partial charge >= 0.3 is 5.97 Å². The molecule has 6 heterocycles. The number of fused-ring (bicyclic) bond motifs is 9. The minimum absolute atomic E-state index is 0.00893. The van der Waals surface area contributed by atoms with Crippen LogP contribution >= 0.6 is 0 Å². The summed E-state index contributed by atoms with van der Waals surface area (Å²) in [4.78, 5) is 106. The minimum atomic E-state index is -1.29. The molecule has 19 nitrogen and oxygen atoms in total. The van der Waals surface area contributed by atoms with Crippen molar-refractivity contribution in [2.24, 2.45) is 22.2 Å². The molecule has 2 aliphatic heterocycles. The van der Waals surface area contributed by atoms with Crippen molar-refractivity contribution in [3.05, 3.63) is 128 Å². The number of rotatable bonds is 18. The lowest BCUT2D eigenvalue weighted by Gasteiger charge is -2.19. The normalized spacial score (nSPS) is 18.2. The number of nitrogen functional groups attached to an aromatic ring is 1. The summed E-state index contributed by atoms with van der Waals surface area (Å²) in [5.74, 6) is -4.31. The minimum Gasteiger partial charge on any atom is -0.468 e. The molecule has 0 fully saturated rings. The third-order valence-corrected chi connectivity index (χ3v) is 15.8. The SMILES string of the molecule is CC[C@H]1c2cc3[nH]c4c(c3C)C(=O)C(C(=O)OC)c4c3nc(cc4[nH]c(cc(n2)[C@@H]1C)c(C(C)=O)c4C)[C@@H](C)[C@@H]3CCC(=O)NCCCC(NC(=O)CCN=C(N)c1ccc(-c2cc3ccc(C(=N)N)cc3[nH]2)cc1)C(N)=O. The molecule has 78 heavy (non-hydrogen) atoms. The van der Waals surface area contributed by atoms with Gasteiger partial charge < -0.3 is 47.5 Å². The molecule has 12 N–H and O–H groups in total. The maximum absolute atomic E-state index is 14.5. The molecule has 404 valence electrons. The Morgan fingerprint density at radius 2 is 1.47 bits per heavy atom. The number of ether oxygens (including phenoxy) is 1. The summed E-state index contributed by atoms with van der Waals surface area (Å²) in [6.07, 6.45) is 1.61. The Morgan fingerprint density at radius 3 is 2.17 bits per heavy atom. The molecule has 8 bridgehead atoms. The van der Waals surface area contributed by atoms with Gasteiger partial charge in [0.1, 0.15) is 23.6 Å². The number of esters is 1. The Kier molecular flexibility index (Phi) is 15.3. The Labute approximate surface area is 450 Å². The Morgan fingerprint density at radius 1 is 0.795 bits per heavy atom. The van der Waals surface area contributed by atoms with Gasteiger partial charge in [-0.25, -0.2) is 0 Å². The Balaban J connectivity index is 0.873. The van der Waals surface area contributed by atoms with Crippen molar-refractivity contribution >= 4 is 79.9 Å². The number of primary amides is 1. The molecule has 9 rings (SSSR count). The number of aryl methyl sites for hydroxylation is 2. The summed E-state index contributed by atoms with van der Waals surface area (Å²) in [7, 11) is 1.25. The number of aromatic amines is 3. The Bertz CT molecular complexity index is 3660. The molecule has 2 aromatic carbocycles. The number of nitrogens with one attached hydrogen (secondary N) is 6. The first-order valence-electron chi connectivity index (χ1n) is 26.4. The van der Waals surface area contributed by atoms with Gasteiger partial charge in [0.05, 0.1) is 30.4 Å². The number of H-pyrrole nitrogens is 3. The molecule has 1 aliphatic carbocycles. The number of carbonyl (C=O) groups is 6. The van der Waals surface area contributed by atoms with E-state index in [-0.39, 0.29) is 73.5 Å². The number of amidine groups is 2. The van der Waals surface area contributed by atoms with E-state index in [4.69, 9.17) is 37.3 Å². The summed E-state index contributed by atoms with van der Waals surface area (Å²) in [5, 5.41) is 14.3. The number of nitrogens with two attached hydrogens (primary N) is 3. The van der Waals surface area contributed by atoms with Crippen LogP contribution < -0.4 is 27.8 Å². The van der Waals surface area contributed by atoms with E-state index in [9.17, 15) is 28.8 Å². The average Bonchev–Trinajstić information content (AvgIpc) is 4.41. The molecule has 0 radical (unpaired) electrons. The van der Waals surface area contributed by atoms with E-state index in [1.165, 1.54) is 7.11 Å². The summed E-state index contributed by atoms with van der Waals surface area (Å²) in [6, 6.07) is 19.9. The van der Waals surface area contributed by atoms with Crippen molar-refractivity contribution in [1.29, 1.82) is 5.41 Å². The van der Waals surface area contributed by atoms with Crippen molar-refractivity contribution in [3.63, 3.8) is 0 Å². The van der Waals surface area contributed by atoms with Crippen LogP contribution in [0.2, 0.25) is 0 Å². The van der Waals surface area contributed by atoms with Gasteiger partial charge in [-0.15, -0.1) is 0 Å². The predicted octanol–water partition coefficient (Wildman–Crippen LogP) is 7.65. The third kappa shape index (κ3) is 10.4. The smallest absolute Gasteiger partial charge is 0.321 e. The molecule has 3 amide bonds. The van der Waals surface area contributed by atoms with Gasteiger partial charge in [0.2, 0.25) is 17.7 Å². The number of ketones is 2. The number of methoxy groups -OCH3 is 1. The number of aromatic nitrogens is 5.